The van der Waals surface area contributed by atoms with Gasteiger partial charge in [-0.25, -0.2) is 4.98 Å². The summed E-state index contributed by atoms with van der Waals surface area (Å²) in [4.78, 5) is 16.4. The van der Waals surface area contributed by atoms with Gasteiger partial charge in [-0.15, -0.1) is 0 Å². The molecule has 1 fully saturated rings. The van der Waals surface area contributed by atoms with E-state index in [1.807, 2.05) is 24.4 Å². The van der Waals surface area contributed by atoms with Crippen LogP contribution in [0.4, 0.5) is 5.82 Å². The molecule has 0 radical (unpaired) electrons. The number of hydrogen-bond donors (Lipinski definition) is 1. The van der Waals surface area contributed by atoms with E-state index in [4.69, 9.17) is 0 Å². The molecule has 3 rings (SSSR count). The van der Waals surface area contributed by atoms with Crippen LogP contribution in [0.5, 0.6) is 0 Å². The van der Waals surface area contributed by atoms with Crippen molar-refractivity contribution in [2.24, 2.45) is 0 Å². The van der Waals surface area contributed by atoms with E-state index < -0.39 is 0 Å². The van der Waals surface area contributed by atoms with Crippen LogP contribution in [0.25, 0.3) is 0 Å². The fraction of sp³-hybridized carbons (Fsp3) is 0.286. The second-order valence-corrected chi connectivity index (χ2v) is 5.61. The number of pyridine rings is 1. The van der Waals surface area contributed by atoms with Gasteiger partial charge in [0.1, 0.15) is 11.5 Å². The molecule has 0 saturated heterocycles. The largest absolute Gasteiger partial charge is 0.340 e. The lowest BCUT2D eigenvalue weighted by Crippen LogP contribution is -2.23. The number of halogens is 1. The third-order valence-electron chi connectivity index (χ3n) is 3.44. The molecule has 98 valence electrons. The molecule has 0 atom stereocenters. The number of carbonyl (C=O) groups is 1. The molecule has 0 unspecified atom stereocenters. The first-order valence-corrected chi connectivity index (χ1v) is 7.13. The second-order valence-electron chi connectivity index (χ2n) is 4.70. The Balaban J connectivity index is 1.79. The lowest BCUT2D eigenvalue weighted by atomic mass is 9.93. The number of amides is 1. The van der Waals surface area contributed by atoms with Crippen LogP contribution in [0.15, 0.2) is 41.1 Å². The highest BCUT2D eigenvalue weighted by Gasteiger charge is 2.23. The van der Waals surface area contributed by atoms with Crippen molar-refractivity contribution in [3.05, 3.63) is 46.8 Å². The summed E-state index contributed by atoms with van der Waals surface area (Å²) >= 11 is 3.36. The number of hydrogen-bond acceptors (Lipinski definition) is 2. The first-order valence-electron chi connectivity index (χ1n) is 6.34. The molecule has 1 amide bonds. The molecule has 1 saturated carbocycles. The standard InChI is InChI=1S/C14H14BrN3O/c15-10-6-7-16-13(9-10)17-14(19)12-5-2-8-18(12)11-3-1-4-11/h2,5-9,11H,1,3-4H2,(H,16,17,19). The fourth-order valence-corrected chi connectivity index (χ4v) is 2.56. The first-order chi connectivity index (χ1) is 9.24. The Kier molecular flexibility index (Phi) is 3.38. The molecule has 1 N–H and O–H groups in total. The van der Waals surface area contributed by atoms with Crippen LogP contribution >= 0.6 is 15.9 Å². The molecule has 0 aliphatic heterocycles. The summed E-state index contributed by atoms with van der Waals surface area (Å²) in [7, 11) is 0. The zero-order valence-electron chi connectivity index (χ0n) is 10.3. The summed E-state index contributed by atoms with van der Waals surface area (Å²) in [5.74, 6) is 0.447. The number of rotatable bonds is 3. The van der Waals surface area contributed by atoms with Crippen LogP contribution < -0.4 is 5.32 Å². The Bertz CT molecular complexity index is 604. The summed E-state index contributed by atoms with van der Waals surface area (Å²) in [6.07, 6.45) is 7.20. The average molecular weight is 320 g/mol. The summed E-state index contributed by atoms with van der Waals surface area (Å²) in [5.41, 5.74) is 0.700. The average Bonchev–Trinajstić information content (AvgIpc) is 2.75. The smallest absolute Gasteiger partial charge is 0.273 e. The number of anilines is 1. The van der Waals surface area contributed by atoms with Gasteiger partial charge < -0.3 is 9.88 Å². The van der Waals surface area contributed by atoms with E-state index in [1.54, 1.807) is 12.3 Å². The molecule has 1 aliphatic rings. The van der Waals surface area contributed by atoms with Gasteiger partial charge >= 0.3 is 0 Å². The zero-order chi connectivity index (χ0) is 13.2. The Hall–Kier alpha value is -1.62. The molecule has 0 bridgehead atoms. The van der Waals surface area contributed by atoms with Crippen LogP contribution in [-0.4, -0.2) is 15.5 Å². The summed E-state index contributed by atoms with van der Waals surface area (Å²) in [6.45, 7) is 0. The van der Waals surface area contributed by atoms with Crippen LogP contribution in [0, 0.1) is 0 Å². The van der Waals surface area contributed by atoms with Crippen molar-refractivity contribution in [3.63, 3.8) is 0 Å². The molecule has 2 heterocycles. The Morgan fingerprint density at radius 3 is 2.95 bits per heavy atom. The number of nitrogens with one attached hydrogen (secondary N) is 1. The molecule has 2 aromatic heterocycles. The van der Waals surface area contributed by atoms with E-state index in [0.717, 1.165) is 17.3 Å². The summed E-state index contributed by atoms with van der Waals surface area (Å²) in [5, 5.41) is 2.83. The lowest BCUT2D eigenvalue weighted by molar-refractivity contribution is 0.101. The van der Waals surface area contributed by atoms with Crippen molar-refractivity contribution < 1.29 is 4.79 Å². The van der Waals surface area contributed by atoms with E-state index in [9.17, 15) is 4.79 Å². The molecular weight excluding hydrogens is 306 g/mol. The van der Waals surface area contributed by atoms with Gasteiger partial charge in [0.25, 0.3) is 5.91 Å². The van der Waals surface area contributed by atoms with Gasteiger partial charge in [0.05, 0.1) is 0 Å². The monoisotopic (exact) mass is 319 g/mol. The van der Waals surface area contributed by atoms with Crippen molar-refractivity contribution >= 4 is 27.7 Å². The van der Waals surface area contributed by atoms with Gasteiger partial charge in [0, 0.05) is 22.9 Å². The topological polar surface area (TPSA) is 46.9 Å². The van der Waals surface area contributed by atoms with Gasteiger partial charge in [-0.05, 0) is 43.5 Å². The quantitative estimate of drug-likeness (QED) is 0.939. The van der Waals surface area contributed by atoms with Crippen molar-refractivity contribution in [1.82, 2.24) is 9.55 Å². The Morgan fingerprint density at radius 2 is 2.26 bits per heavy atom. The van der Waals surface area contributed by atoms with Crippen molar-refractivity contribution in [2.75, 3.05) is 5.32 Å². The number of nitrogens with zero attached hydrogens (tertiary/aromatic N) is 2. The molecule has 5 heteroatoms. The predicted octanol–water partition coefficient (Wildman–Crippen LogP) is 3.62. The summed E-state index contributed by atoms with van der Waals surface area (Å²) < 4.78 is 2.96. The Labute approximate surface area is 120 Å². The molecule has 0 spiro atoms. The van der Waals surface area contributed by atoms with E-state index in [-0.39, 0.29) is 5.91 Å². The normalized spacial score (nSPS) is 15.0. The third-order valence-corrected chi connectivity index (χ3v) is 3.94. The molecule has 1 aliphatic carbocycles. The number of aromatic nitrogens is 2. The minimum absolute atomic E-state index is 0.109. The Morgan fingerprint density at radius 1 is 1.42 bits per heavy atom. The van der Waals surface area contributed by atoms with Crippen LogP contribution in [0.1, 0.15) is 35.8 Å². The van der Waals surface area contributed by atoms with Crippen LogP contribution in [-0.2, 0) is 0 Å². The highest BCUT2D eigenvalue weighted by atomic mass is 79.9. The van der Waals surface area contributed by atoms with Crippen molar-refractivity contribution in [2.45, 2.75) is 25.3 Å². The molecule has 2 aromatic rings. The molecule has 4 nitrogen and oxygen atoms in total. The maximum atomic E-state index is 12.3. The minimum atomic E-state index is -0.109. The predicted molar refractivity (Wildman–Crippen MR) is 77.2 cm³/mol. The SMILES string of the molecule is O=C(Nc1cc(Br)ccn1)c1cccn1C1CCC1. The van der Waals surface area contributed by atoms with Crippen LogP contribution in [0.3, 0.4) is 0 Å². The van der Waals surface area contributed by atoms with Crippen LogP contribution in [0.2, 0.25) is 0 Å². The summed E-state index contributed by atoms with van der Waals surface area (Å²) in [6, 6.07) is 7.86. The third kappa shape index (κ3) is 2.56. The van der Waals surface area contributed by atoms with Gasteiger partial charge in [0.15, 0.2) is 0 Å². The van der Waals surface area contributed by atoms with E-state index in [2.05, 4.69) is 30.8 Å². The molecular formula is C14H14BrN3O. The van der Waals surface area contributed by atoms with Gasteiger partial charge in [-0.2, -0.15) is 0 Å². The van der Waals surface area contributed by atoms with E-state index >= 15 is 0 Å². The fourth-order valence-electron chi connectivity index (χ4n) is 2.22. The first kappa shape index (κ1) is 12.4. The van der Waals surface area contributed by atoms with E-state index in [0.29, 0.717) is 17.6 Å². The van der Waals surface area contributed by atoms with Gasteiger partial charge in [-0.1, -0.05) is 15.9 Å². The zero-order valence-corrected chi connectivity index (χ0v) is 11.9. The maximum Gasteiger partial charge on any atom is 0.273 e. The number of carbonyl (C=O) groups excluding carboxylic acids is 1. The van der Waals surface area contributed by atoms with Gasteiger partial charge in [-0.3, -0.25) is 4.79 Å². The van der Waals surface area contributed by atoms with Crippen molar-refractivity contribution in [1.29, 1.82) is 0 Å². The minimum Gasteiger partial charge on any atom is -0.340 e. The highest BCUT2D eigenvalue weighted by molar-refractivity contribution is 9.10. The maximum absolute atomic E-state index is 12.3. The second kappa shape index (κ2) is 5.17. The van der Waals surface area contributed by atoms with Crippen molar-refractivity contribution in [3.8, 4) is 0 Å². The lowest BCUT2D eigenvalue weighted by Gasteiger charge is -2.28. The molecule has 19 heavy (non-hydrogen) atoms. The molecule has 0 aromatic carbocycles. The van der Waals surface area contributed by atoms with Gasteiger partial charge in [0.2, 0.25) is 0 Å². The van der Waals surface area contributed by atoms with E-state index in [1.165, 1.54) is 6.42 Å². The highest BCUT2D eigenvalue weighted by Crippen LogP contribution is 2.32.